The van der Waals surface area contributed by atoms with Crippen molar-refractivity contribution >= 4 is 22.6 Å². The van der Waals surface area contributed by atoms with Gasteiger partial charge in [-0.05, 0) is 42.5 Å². The van der Waals surface area contributed by atoms with Gasteiger partial charge in [0.1, 0.15) is 5.82 Å². The summed E-state index contributed by atoms with van der Waals surface area (Å²) in [4.78, 5) is 39.6. The van der Waals surface area contributed by atoms with E-state index in [-0.39, 0.29) is 29.7 Å². The van der Waals surface area contributed by atoms with Crippen molar-refractivity contribution in [3.8, 4) is 0 Å². The molecule has 0 atom stereocenters. The van der Waals surface area contributed by atoms with Crippen molar-refractivity contribution in [2.45, 2.75) is 47.2 Å². The highest BCUT2D eigenvalue weighted by Crippen LogP contribution is 2.16. The molecular formula is C26H30FN5O3. The Hall–Kier alpha value is -3.75. The van der Waals surface area contributed by atoms with E-state index < -0.39 is 11.5 Å². The molecule has 2 aromatic heterocycles. The Balaban J connectivity index is 1.93. The van der Waals surface area contributed by atoms with Crippen LogP contribution in [0.3, 0.4) is 0 Å². The summed E-state index contributed by atoms with van der Waals surface area (Å²) in [5.41, 5.74) is 0.157. The lowest BCUT2D eigenvalue weighted by molar-refractivity contribution is 0.0949. The number of hydrogen-bond acceptors (Lipinski definition) is 4. The molecule has 0 saturated carbocycles. The quantitative estimate of drug-likeness (QED) is 0.419. The van der Waals surface area contributed by atoms with Gasteiger partial charge >= 0.3 is 5.69 Å². The van der Waals surface area contributed by atoms with E-state index in [0.29, 0.717) is 47.5 Å². The Labute approximate surface area is 202 Å². The smallest absolute Gasteiger partial charge is 0.352 e. The van der Waals surface area contributed by atoms with Crippen molar-refractivity contribution in [2.24, 2.45) is 11.8 Å². The van der Waals surface area contributed by atoms with Gasteiger partial charge in [0.2, 0.25) is 5.78 Å². The van der Waals surface area contributed by atoms with Crippen molar-refractivity contribution in [3.63, 3.8) is 0 Å². The van der Waals surface area contributed by atoms with Gasteiger partial charge in [0.05, 0.1) is 17.4 Å². The molecule has 0 fully saturated rings. The predicted octanol–water partition coefficient (Wildman–Crippen LogP) is 3.43. The summed E-state index contributed by atoms with van der Waals surface area (Å²) in [6.07, 6.45) is 0.713. The second-order valence-corrected chi connectivity index (χ2v) is 9.64. The van der Waals surface area contributed by atoms with E-state index >= 15 is 0 Å². The fourth-order valence-corrected chi connectivity index (χ4v) is 3.94. The molecule has 0 aliphatic rings. The number of nitrogens with zero attached hydrogens (tertiary/aromatic N) is 4. The SMILES string of the molecule is CC(C)CCn1c(=O)c2ccc(C(=O)NCC(C)C)cc2n2c(=O)n(Cc3ccccc3F)nc12. The molecular weight excluding hydrogens is 449 g/mol. The molecule has 4 aromatic rings. The van der Waals surface area contributed by atoms with Gasteiger partial charge in [-0.15, -0.1) is 5.10 Å². The Morgan fingerprint density at radius 2 is 1.80 bits per heavy atom. The number of carbonyl (C=O) groups is 1. The van der Waals surface area contributed by atoms with Crippen LogP contribution in [-0.4, -0.2) is 31.2 Å². The van der Waals surface area contributed by atoms with Gasteiger partial charge in [-0.25, -0.2) is 18.3 Å². The maximum Gasteiger partial charge on any atom is 0.352 e. The Bertz CT molecular complexity index is 1510. The summed E-state index contributed by atoms with van der Waals surface area (Å²) in [7, 11) is 0. The summed E-state index contributed by atoms with van der Waals surface area (Å²) in [5, 5.41) is 7.60. The lowest BCUT2D eigenvalue weighted by atomic mass is 10.1. The summed E-state index contributed by atoms with van der Waals surface area (Å²) >= 11 is 0. The number of amides is 1. The van der Waals surface area contributed by atoms with Gasteiger partial charge in [0.15, 0.2) is 0 Å². The first-order chi connectivity index (χ1) is 16.7. The number of rotatable bonds is 8. The molecule has 184 valence electrons. The van der Waals surface area contributed by atoms with Crippen LogP contribution in [0.5, 0.6) is 0 Å². The van der Waals surface area contributed by atoms with Crippen molar-refractivity contribution in [3.05, 3.63) is 80.2 Å². The molecule has 0 spiro atoms. The van der Waals surface area contributed by atoms with Gasteiger partial charge in [-0.2, -0.15) is 0 Å². The third-order valence-electron chi connectivity index (χ3n) is 5.92. The van der Waals surface area contributed by atoms with Crippen LogP contribution in [0.4, 0.5) is 4.39 Å². The molecule has 4 rings (SSSR count). The van der Waals surface area contributed by atoms with Crippen molar-refractivity contribution in [1.82, 2.24) is 24.1 Å². The minimum Gasteiger partial charge on any atom is -0.352 e. The van der Waals surface area contributed by atoms with Crippen molar-refractivity contribution < 1.29 is 9.18 Å². The van der Waals surface area contributed by atoms with Crippen LogP contribution >= 0.6 is 0 Å². The predicted molar refractivity (Wildman–Crippen MR) is 133 cm³/mol. The first-order valence-corrected chi connectivity index (χ1v) is 11.8. The number of fused-ring (bicyclic) bond motifs is 3. The Kier molecular flexibility index (Phi) is 6.86. The molecule has 2 aromatic carbocycles. The fourth-order valence-electron chi connectivity index (χ4n) is 3.94. The van der Waals surface area contributed by atoms with Crippen LogP contribution in [-0.2, 0) is 13.1 Å². The summed E-state index contributed by atoms with van der Waals surface area (Å²) in [5.74, 6) is 0.0480. The molecule has 2 heterocycles. The van der Waals surface area contributed by atoms with E-state index in [1.165, 1.54) is 15.0 Å². The van der Waals surface area contributed by atoms with Crippen LogP contribution in [0, 0.1) is 17.7 Å². The number of aromatic nitrogens is 4. The Morgan fingerprint density at radius 1 is 1.06 bits per heavy atom. The topological polar surface area (TPSA) is 90.4 Å². The van der Waals surface area contributed by atoms with Gasteiger partial charge in [-0.3, -0.25) is 14.2 Å². The minimum atomic E-state index is -0.508. The average molecular weight is 480 g/mol. The average Bonchev–Trinajstić information content (AvgIpc) is 3.14. The minimum absolute atomic E-state index is 0.0817. The van der Waals surface area contributed by atoms with E-state index in [1.54, 1.807) is 36.4 Å². The van der Waals surface area contributed by atoms with Crippen molar-refractivity contribution in [2.75, 3.05) is 6.54 Å². The lowest BCUT2D eigenvalue weighted by Gasteiger charge is -2.12. The van der Waals surface area contributed by atoms with Gasteiger partial charge in [-0.1, -0.05) is 45.9 Å². The second-order valence-electron chi connectivity index (χ2n) is 9.64. The highest BCUT2D eigenvalue weighted by Gasteiger charge is 2.20. The van der Waals surface area contributed by atoms with Crippen LogP contribution in [0.15, 0.2) is 52.1 Å². The largest absolute Gasteiger partial charge is 0.352 e. The molecule has 0 aliphatic carbocycles. The van der Waals surface area contributed by atoms with Crippen LogP contribution < -0.4 is 16.6 Å². The molecule has 0 aliphatic heterocycles. The van der Waals surface area contributed by atoms with Gasteiger partial charge in [0.25, 0.3) is 11.5 Å². The van der Waals surface area contributed by atoms with E-state index in [1.807, 2.05) is 27.7 Å². The highest BCUT2D eigenvalue weighted by molar-refractivity contribution is 5.98. The number of nitrogens with one attached hydrogen (secondary N) is 1. The maximum absolute atomic E-state index is 14.3. The second kappa shape index (κ2) is 9.85. The van der Waals surface area contributed by atoms with Crippen LogP contribution in [0.25, 0.3) is 16.7 Å². The zero-order chi connectivity index (χ0) is 25.3. The fraction of sp³-hybridized carbons (Fsp3) is 0.385. The third kappa shape index (κ3) is 4.89. The molecule has 0 bridgehead atoms. The molecule has 9 heteroatoms. The third-order valence-corrected chi connectivity index (χ3v) is 5.92. The molecule has 35 heavy (non-hydrogen) atoms. The summed E-state index contributed by atoms with van der Waals surface area (Å²) in [6.45, 7) is 8.89. The Morgan fingerprint density at radius 3 is 2.49 bits per heavy atom. The van der Waals surface area contributed by atoms with Crippen molar-refractivity contribution in [1.29, 1.82) is 0 Å². The van der Waals surface area contributed by atoms with Crippen LogP contribution in [0.2, 0.25) is 0 Å². The molecule has 0 unspecified atom stereocenters. The number of hydrogen-bond donors (Lipinski definition) is 1. The first kappa shape index (κ1) is 24.4. The van der Waals surface area contributed by atoms with Gasteiger partial charge < -0.3 is 5.32 Å². The first-order valence-electron chi connectivity index (χ1n) is 11.8. The molecule has 8 nitrogen and oxygen atoms in total. The number of carbonyl (C=O) groups excluding carboxylic acids is 1. The van der Waals surface area contributed by atoms with E-state index in [0.717, 1.165) is 4.68 Å². The van der Waals surface area contributed by atoms with E-state index in [9.17, 15) is 18.8 Å². The van der Waals surface area contributed by atoms with E-state index in [2.05, 4.69) is 10.4 Å². The zero-order valence-electron chi connectivity index (χ0n) is 20.4. The molecule has 1 amide bonds. The summed E-state index contributed by atoms with van der Waals surface area (Å²) < 4.78 is 18.3. The maximum atomic E-state index is 14.3. The normalized spacial score (nSPS) is 11.7. The molecule has 0 saturated heterocycles. The molecule has 1 N–H and O–H groups in total. The number of aryl methyl sites for hydroxylation is 1. The highest BCUT2D eigenvalue weighted by atomic mass is 19.1. The monoisotopic (exact) mass is 479 g/mol. The molecule has 0 radical (unpaired) electrons. The number of benzene rings is 2. The van der Waals surface area contributed by atoms with E-state index in [4.69, 9.17) is 0 Å². The van der Waals surface area contributed by atoms with Crippen LogP contribution in [0.1, 0.15) is 50.0 Å². The lowest BCUT2D eigenvalue weighted by Crippen LogP contribution is -2.29. The zero-order valence-corrected chi connectivity index (χ0v) is 20.4. The van der Waals surface area contributed by atoms with Gasteiger partial charge in [0, 0.05) is 24.2 Å². The number of halogens is 1. The summed E-state index contributed by atoms with van der Waals surface area (Å²) in [6, 6.07) is 10.9. The standard InChI is InChI=1S/C26H30FN5O3/c1-16(2)11-12-30-24(34)20-10-9-18(23(33)28-14-17(3)4)13-22(20)32-25(30)29-31(26(32)35)15-19-7-5-6-8-21(19)27/h5-10,13,16-17H,11-12,14-15H2,1-4H3,(H,28,33).